The van der Waals surface area contributed by atoms with E-state index in [1.54, 1.807) is 6.92 Å². The van der Waals surface area contributed by atoms with E-state index in [4.69, 9.17) is 4.74 Å². The predicted octanol–water partition coefficient (Wildman–Crippen LogP) is 4.14. The molecule has 116 valence electrons. The highest BCUT2D eigenvalue weighted by Gasteiger charge is 2.34. The van der Waals surface area contributed by atoms with Crippen LogP contribution in [-0.2, 0) is 9.53 Å². The van der Waals surface area contributed by atoms with Crippen LogP contribution in [0.1, 0.15) is 78.1 Å². The lowest BCUT2D eigenvalue weighted by atomic mass is 10.0. The molecule has 0 aromatic rings. The maximum absolute atomic E-state index is 11.4. The van der Waals surface area contributed by atoms with E-state index >= 15 is 0 Å². The molecule has 0 spiro atoms. The van der Waals surface area contributed by atoms with Gasteiger partial charge in [-0.3, -0.25) is 0 Å². The van der Waals surface area contributed by atoms with Gasteiger partial charge in [-0.1, -0.05) is 64.4 Å². The van der Waals surface area contributed by atoms with E-state index in [9.17, 15) is 9.90 Å². The molecule has 1 heterocycles. The fourth-order valence-electron chi connectivity index (χ4n) is 2.59. The Bertz CT molecular complexity index is 309. The number of hydrogen-bond acceptors (Lipinski definition) is 3. The minimum Gasteiger partial charge on any atom is -0.456 e. The Balaban J connectivity index is 2.01. The number of carbonyl (C=O) groups is 1. The molecule has 1 rings (SSSR count). The number of aliphatic hydroxyl groups is 1. The van der Waals surface area contributed by atoms with E-state index < -0.39 is 12.2 Å². The lowest BCUT2D eigenvalue weighted by Crippen LogP contribution is -2.17. The average molecular weight is 282 g/mol. The zero-order valence-corrected chi connectivity index (χ0v) is 13.1. The van der Waals surface area contributed by atoms with Gasteiger partial charge in [0.15, 0.2) is 0 Å². The van der Waals surface area contributed by atoms with E-state index in [0.717, 1.165) is 12.8 Å². The summed E-state index contributed by atoms with van der Waals surface area (Å²) in [5, 5.41) is 9.76. The zero-order valence-electron chi connectivity index (χ0n) is 13.1. The van der Waals surface area contributed by atoms with Crippen molar-refractivity contribution in [3.05, 3.63) is 11.6 Å². The zero-order chi connectivity index (χ0) is 14.8. The first-order chi connectivity index (χ1) is 9.66. The molecule has 0 radical (unpaired) electrons. The van der Waals surface area contributed by atoms with Gasteiger partial charge in [0, 0.05) is 0 Å². The Kier molecular flexibility index (Phi) is 8.59. The van der Waals surface area contributed by atoms with Crippen LogP contribution < -0.4 is 0 Å². The van der Waals surface area contributed by atoms with Crippen LogP contribution in [0.5, 0.6) is 0 Å². The first-order valence-corrected chi connectivity index (χ1v) is 8.26. The van der Waals surface area contributed by atoms with E-state index in [2.05, 4.69) is 6.92 Å². The molecule has 3 heteroatoms. The molecule has 20 heavy (non-hydrogen) atoms. The number of rotatable bonds is 10. The van der Waals surface area contributed by atoms with Crippen molar-refractivity contribution >= 4 is 5.97 Å². The molecule has 1 N–H and O–H groups in total. The molecule has 1 aliphatic heterocycles. The van der Waals surface area contributed by atoms with Gasteiger partial charge in [0.1, 0.15) is 12.2 Å². The quantitative estimate of drug-likeness (QED) is 0.372. The van der Waals surface area contributed by atoms with E-state index in [1.165, 1.54) is 51.4 Å². The smallest absolute Gasteiger partial charge is 0.336 e. The minimum absolute atomic E-state index is 0.346. The van der Waals surface area contributed by atoms with Gasteiger partial charge in [-0.2, -0.15) is 0 Å². The summed E-state index contributed by atoms with van der Waals surface area (Å²) in [6.07, 6.45) is 13.3. The van der Waals surface area contributed by atoms with Gasteiger partial charge in [0.05, 0.1) is 5.57 Å². The molecule has 1 fully saturated rings. The number of unbranched alkanes of at least 4 members (excludes halogenated alkanes) is 9. The second kappa shape index (κ2) is 9.98. The first-order valence-electron chi connectivity index (χ1n) is 8.26. The van der Waals surface area contributed by atoms with Crippen LogP contribution in [0.3, 0.4) is 0 Å². The number of hydrogen-bond donors (Lipinski definition) is 1. The molecule has 0 saturated carbocycles. The molecule has 0 aromatic carbocycles. The lowest BCUT2D eigenvalue weighted by molar-refractivity contribution is -0.138. The van der Waals surface area contributed by atoms with Crippen molar-refractivity contribution in [1.29, 1.82) is 0 Å². The fraction of sp³-hybridized carbons (Fsp3) is 0.824. The summed E-state index contributed by atoms with van der Waals surface area (Å²) in [7, 11) is 0. The largest absolute Gasteiger partial charge is 0.456 e. The number of aliphatic hydroxyl groups excluding tert-OH is 1. The van der Waals surface area contributed by atoms with Crippen LogP contribution in [0.15, 0.2) is 11.6 Å². The highest BCUT2D eigenvalue weighted by Crippen LogP contribution is 2.22. The first kappa shape index (κ1) is 17.2. The summed E-state index contributed by atoms with van der Waals surface area (Å²) >= 11 is 0. The molecule has 0 aliphatic carbocycles. The summed E-state index contributed by atoms with van der Waals surface area (Å²) in [6.45, 7) is 3.97. The molecular formula is C17H30O3. The molecule has 1 saturated heterocycles. The number of ether oxygens (including phenoxy) is 1. The van der Waals surface area contributed by atoms with Crippen molar-refractivity contribution in [2.75, 3.05) is 0 Å². The summed E-state index contributed by atoms with van der Waals surface area (Å²) in [5.41, 5.74) is 0.456. The number of esters is 1. The van der Waals surface area contributed by atoms with Crippen LogP contribution >= 0.6 is 0 Å². The summed E-state index contributed by atoms with van der Waals surface area (Å²) in [4.78, 5) is 11.4. The molecule has 1 aliphatic rings. The topological polar surface area (TPSA) is 46.5 Å². The van der Waals surface area contributed by atoms with Crippen molar-refractivity contribution in [1.82, 2.24) is 0 Å². The highest BCUT2D eigenvalue weighted by molar-refractivity contribution is 5.92. The fourth-order valence-corrected chi connectivity index (χ4v) is 2.59. The van der Waals surface area contributed by atoms with E-state index in [0.29, 0.717) is 5.57 Å². The molecular weight excluding hydrogens is 252 g/mol. The Morgan fingerprint density at radius 2 is 1.60 bits per heavy atom. The van der Waals surface area contributed by atoms with Crippen LogP contribution in [0, 0.1) is 0 Å². The minimum atomic E-state index is -0.735. The molecule has 3 nitrogen and oxygen atoms in total. The van der Waals surface area contributed by atoms with Gasteiger partial charge in [0.2, 0.25) is 0 Å². The SMILES string of the molecule is CCCCCCCCCCC/C=C1/C(=O)O[C@@H](C)[C@H]1O. The van der Waals surface area contributed by atoms with Crippen molar-refractivity contribution < 1.29 is 14.6 Å². The maximum atomic E-state index is 11.4. The predicted molar refractivity (Wildman–Crippen MR) is 81.5 cm³/mol. The second-order valence-electron chi connectivity index (χ2n) is 5.83. The maximum Gasteiger partial charge on any atom is 0.336 e. The normalized spacial score (nSPS) is 24.4. The van der Waals surface area contributed by atoms with Crippen LogP contribution in [0.4, 0.5) is 0 Å². The highest BCUT2D eigenvalue weighted by atomic mass is 16.6. The monoisotopic (exact) mass is 282 g/mol. The molecule has 0 aromatic heterocycles. The van der Waals surface area contributed by atoms with Crippen LogP contribution in [-0.4, -0.2) is 23.3 Å². The Morgan fingerprint density at radius 3 is 2.10 bits per heavy atom. The third-order valence-corrected chi connectivity index (χ3v) is 3.96. The van der Waals surface area contributed by atoms with Crippen molar-refractivity contribution in [2.45, 2.75) is 90.3 Å². The molecule has 0 unspecified atom stereocenters. The molecule has 2 atom stereocenters. The molecule has 0 bridgehead atoms. The summed E-state index contributed by atoms with van der Waals surface area (Å²) in [5.74, 6) is -0.346. The number of allylic oxidation sites excluding steroid dienone is 1. The van der Waals surface area contributed by atoms with Crippen molar-refractivity contribution in [3.63, 3.8) is 0 Å². The summed E-state index contributed by atoms with van der Waals surface area (Å²) in [6, 6.07) is 0. The van der Waals surface area contributed by atoms with Gasteiger partial charge < -0.3 is 9.84 Å². The van der Waals surface area contributed by atoms with Gasteiger partial charge in [0.25, 0.3) is 0 Å². The number of carbonyl (C=O) groups excluding carboxylic acids is 1. The van der Waals surface area contributed by atoms with Crippen molar-refractivity contribution in [2.24, 2.45) is 0 Å². The Morgan fingerprint density at radius 1 is 1.05 bits per heavy atom. The standard InChI is InChI=1S/C17H30O3/c1-3-4-5-6-7-8-9-10-11-12-13-15-16(18)14(2)20-17(15)19/h13-14,16,18H,3-12H2,1-2H3/b15-13+/t14-,16+/m0/s1. The van der Waals surface area contributed by atoms with E-state index in [1.807, 2.05) is 6.08 Å². The average Bonchev–Trinajstić information content (AvgIpc) is 2.67. The van der Waals surface area contributed by atoms with Gasteiger partial charge in [-0.25, -0.2) is 4.79 Å². The third kappa shape index (κ3) is 6.08. The van der Waals surface area contributed by atoms with Gasteiger partial charge in [-0.05, 0) is 19.8 Å². The second-order valence-corrected chi connectivity index (χ2v) is 5.83. The van der Waals surface area contributed by atoms with Crippen LogP contribution in [0.25, 0.3) is 0 Å². The Labute approximate surface area is 123 Å². The van der Waals surface area contributed by atoms with E-state index in [-0.39, 0.29) is 5.97 Å². The lowest BCUT2D eigenvalue weighted by Gasteiger charge is -2.04. The Hall–Kier alpha value is -0.830. The third-order valence-electron chi connectivity index (χ3n) is 3.96. The number of cyclic esters (lactones) is 1. The van der Waals surface area contributed by atoms with Gasteiger partial charge in [-0.15, -0.1) is 0 Å². The van der Waals surface area contributed by atoms with Crippen LogP contribution in [0.2, 0.25) is 0 Å². The van der Waals surface area contributed by atoms with Crippen molar-refractivity contribution in [3.8, 4) is 0 Å². The summed E-state index contributed by atoms with van der Waals surface area (Å²) < 4.78 is 4.97. The van der Waals surface area contributed by atoms with Gasteiger partial charge >= 0.3 is 5.97 Å². The molecule has 0 amide bonds.